The zero-order valence-corrected chi connectivity index (χ0v) is 16.7. The number of fused-ring (bicyclic) bond motifs is 3. The van der Waals surface area contributed by atoms with E-state index < -0.39 is 0 Å². The number of benzene rings is 2. The molecule has 0 radical (unpaired) electrons. The minimum atomic E-state index is -0.212. The van der Waals surface area contributed by atoms with Crippen LogP contribution in [0.25, 0.3) is 0 Å². The first kappa shape index (κ1) is 18.1. The second-order valence-electron chi connectivity index (χ2n) is 8.13. The Morgan fingerprint density at radius 1 is 1.15 bits per heavy atom. The molecule has 0 N–H and O–H groups in total. The standard InChI is InChI=1S/C23H28N2O2/c1-5-16-6-8-17(9-7-16)14-21(26)27-18-10-11-20-19(15-18)23(2)12-13-24(3)22(23)25(20)4/h6-11,15,22H,5,12-14H2,1-4H3. The van der Waals surface area contributed by atoms with Crippen LogP contribution < -0.4 is 9.64 Å². The van der Waals surface area contributed by atoms with Gasteiger partial charge in [0.05, 0.1) is 12.6 Å². The van der Waals surface area contributed by atoms with Crippen LogP contribution >= 0.6 is 0 Å². The third-order valence-corrected chi connectivity index (χ3v) is 6.31. The Bertz CT molecular complexity index is 861. The summed E-state index contributed by atoms with van der Waals surface area (Å²) >= 11 is 0. The largest absolute Gasteiger partial charge is 0.426 e. The summed E-state index contributed by atoms with van der Waals surface area (Å²) in [6, 6.07) is 14.2. The van der Waals surface area contributed by atoms with Crippen molar-refractivity contribution in [1.29, 1.82) is 0 Å². The monoisotopic (exact) mass is 364 g/mol. The molecule has 2 aliphatic heterocycles. The number of likely N-dealkylation sites (tertiary alicyclic amines) is 1. The van der Waals surface area contributed by atoms with Crippen molar-refractivity contribution in [3.63, 3.8) is 0 Å². The number of carbonyl (C=O) groups excluding carboxylic acids is 1. The number of hydrogen-bond donors (Lipinski definition) is 0. The fourth-order valence-corrected chi connectivity index (χ4v) is 4.85. The van der Waals surface area contributed by atoms with E-state index in [1.165, 1.54) is 16.8 Å². The fraction of sp³-hybridized carbons (Fsp3) is 0.435. The average molecular weight is 364 g/mol. The van der Waals surface area contributed by atoms with Gasteiger partial charge in [0.2, 0.25) is 0 Å². The van der Waals surface area contributed by atoms with Gasteiger partial charge in [-0.2, -0.15) is 0 Å². The Morgan fingerprint density at radius 3 is 2.56 bits per heavy atom. The van der Waals surface area contributed by atoms with Crippen LogP contribution in [0.4, 0.5) is 5.69 Å². The van der Waals surface area contributed by atoms with Gasteiger partial charge in [-0.3, -0.25) is 9.69 Å². The number of aryl methyl sites for hydroxylation is 1. The van der Waals surface area contributed by atoms with Gasteiger partial charge in [0.25, 0.3) is 0 Å². The van der Waals surface area contributed by atoms with Crippen LogP contribution in [0.3, 0.4) is 0 Å². The van der Waals surface area contributed by atoms with Crippen molar-refractivity contribution < 1.29 is 9.53 Å². The molecule has 4 heteroatoms. The molecule has 2 unspecified atom stereocenters. The lowest BCUT2D eigenvalue weighted by Crippen LogP contribution is -2.45. The Morgan fingerprint density at radius 2 is 1.85 bits per heavy atom. The minimum Gasteiger partial charge on any atom is -0.426 e. The molecule has 142 valence electrons. The van der Waals surface area contributed by atoms with Gasteiger partial charge in [-0.1, -0.05) is 38.1 Å². The molecule has 0 aliphatic carbocycles. The lowest BCUT2D eigenvalue weighted by atomic mass is 9.81. The fourth-order valence-electron chi connectivity index (χ4n) is 4.85. The molecular formula is C23H28N2O2. The second kappa shape index (κ2) is 6.68. The van der Waals surface area contributed by atoms with Crippen molar-refractivity contribution in [1.82, 2.24) is 4.90 Å². The van der Waals surface area contributed by atoms with Crippen LogP contribution in [0.2, 0.25) is 0 Å². The van der Waals surface area contributed by atoms with Gasteiger partial charge in [0, 0.05) is 24.7 Å². The summed E-state index contributed by atoms with van der Waals surface area (Å²) in [6.07, 6.45) is 2.79. The highest BCUT2D eigenvalue weighted by atomic mass is 16.5. The first-order valence-electron chi connectivity index (χ1n) is 9.78. The molecular weight excluding hydrogens is 336 g/mol. The molecule has 1 fully saturated rings. The summed E-state index contributed by atoms with van der Waals surface area (Å²) in [5.74, 6) is 0.435. The first-order chi connectivity index (χ1) is 12.9. The van der Waals surface area contributed by atoms with E-state index in [1.807, 2.05) is 18.2 Å². The Balaban J connectivity index is 1.51. The quantitative estimate of drug-likeness (QED) is 0.611. The lowest BCUT2D eigenvalue weighted by molar-refractivity contribution is -0.133. The third-order valence-electron chi connectivity index (χ3n) is 6.31. The van der Waals surface area contributed by atoms with E-state index >= 15 is 0 Å². The minimum absolute atomic E-state index is 0.0806. The first-order valence-corrected chi connectivity index (χ1v) is 9.78. The van der Waals surface area contributed by atoms with E-state index in [2.05, 4.69) is 62.0 Å². The molecule has 4 nitrogen and oxygen atoms in total. The van der Waals surface area contributed by atoms with Crippen molar-refractivity contribution in [2.75, 3.05) is 25.5 Å². The average Bonchev–Trinajstić information content (AvgIpc) is 3.08. The summed E-state index contributed by atoms with van der Waals surface area (Å²) < 4.78 is 5.68. The van der Waals surface area contributed by atoms with Crippen molar-refractivity contribution in [2.24, 2.45) is 0 Å². The number of ether oxygens (including phenoxy) is 1. The molecule has 0 amide bonds. The molecule has 2 heterocycles. The van der Waals surface area contributed by atoms with E-state index in [4.69, 9.17) is 4.74 Å². The van der Waals surface area contributed by atoms with Gasteiger partial charge in [0.1, 0.15) is 5.75 Å². The van der Waals surface area contributed by atoms with Crippen LogP contribution in [0.1, 0.15) is 37.0 Å². The second-order valence-corrected chi connectivity index (χ2v) is 8.13. The molecule has 2 aromatic carbocycles. The number of carbonyl (C=O) groups is 1. The highest BCUT2D eigenvalue weighted by molar-refractivity contribution is 5.76. The van der Waals surface area contributed by atoms with E-state index in [0.717, 1.165) is 24.9 Å². The molecule has 0 aromatic heterocycles. The zero-order chi connectivity index (χ0) is 19.2. The third kappa shape index (κ3) is 3.02. The van der Waals surface area contributed by atoms with Crippen molar-refractivity contribution in [3.05, 3.63) is 59.2 Å². The van der Waals surface area contributed by atoms with Crippen molar-refractivity contribution in [3.8, 4) is 5.75 Å². The molecule has 1 saturated heterocycles. The van der Waals surface area contributed by atoms with E-state index in [-0.39, 0.29) is 11.4 Å². The zero-order valence-electron chi connectivity index (χ0n) is 16.7. The highest BCUT2D eigenvalue weighted by Crippen LogP contribution is 2.51. The number of esters is 1. The lowest BCUT2D eigenvalue weighted by Gasteiger charge is -2.32. The molecule has 0 spiro atoms. The summed E-state index contributed by atoms with van der Waals surface area (Å²) in [6.45, 7) is 5.54. The Hall–Kier alpha value is -2.33. The van der Waals surface area contributed by atoms with Gasteiger partial charge in [0.15, 0.2) is 0 Å². The summed E-state index contributed by atoms with van der Waals surface area (Å²) in [7, 11) is 4.34. The van der Waals surface area contributed by atoms with Gasteiger partial charge in [-0.15, -0.1) is 0 Å². The molecule has 2 aliphatic rings. The van der Waals surface area contributed by atoms with Crippen LogP contribution in [0.5, 0.6) is 5.75 Å². The summed E-state index contributed by atoms with van der Waals surface area (Å²) in [4.78, 5) is 17.2. The van der Waals surface area contributed by atoms with Gasteiger partial charge < -0.3 is 9.64 Å². The topological polar surface area (TPSA) is 32.8 Å². The highest BCUT2D eigenvalue weighted by Gasteiger charge is 2.52. The number of likely N-dealkylation sites (N-methyl/N-ethyl adjacent to an activating group) is 2. The molecule has 0 saturated carbocycles. The van der Waals surface area contributed by atoms with Gasteiger partial charge in [-0.05, 0) is 54.8 Å². The van der Waals surface area contributed by atoms with Crippen LogP contribution in [-0.4, -0.2) is 37.7 Å². The van der Waals surface area contributed by atoms with E-state index in [0.29, 0.717) is 18.3 Å². The maximum atomic E-state index is 12.4. The van der Waals surface area contributed by atoms with Crippen molar-refractivity contribution >= 4 is 11.7 Å². The summed E-state index contributed by atoms with van der Waals surface area (Å²) in [5.41, 5.74) is 4.87. The van der Waals surface area contributed by atoms with E-state index in [9.17, 15) is 4.79 Å². The van der Waals surface area contributed by atoms with Gasteiger partial charge in [-0.25, -0.2) is 0 Å². The van der Waals surface area contributed by atoms with Gasteiger partial charge >= 0.3 is 5.97 Å². The maximum Gasteiger partial charge on any atom is 0.315 e. The van der Waals surface area contributed by atoms with Crippen molar-refractivity contribution in [2.45, 2.75) is 44.7 Å². The molecule has 0 bridgehead atoms. The molecule has 2 aromatic rings. The molecule has 2 atom stereocenters. The summed E-state index contributed by atoms with van der Waals surface area (Å²) in [5, 5.41) is 0. The number of hydrogen-bond acceptors (Lipinski definition) is 4. The van der Waals surface area contributed by atoms with Crippen LogP contribution in [-0.2, 0) is 23.1 Å². The number of rotatable bonds is 4. The molecule has 4 rings (SSSR count). The van der Waals surface area contributed by atoms with E-state index in [1.54, 1.807) is 0 Å². The SMILES string of the molecule is CCc1ccc(CC(=O)Oc2ccc3c(c2)C2(C)CCN(C)C2N3C)cc1. The number of nitrogens with zero attached hydrogens (tertiary/aromatic N) is 2. The predicted octanol–water partition coefficient (Wildman–Crippen LogP) is 3.77. The molecule has 27 heavy (non-hydrogen) atoms. The van der Waals surface area contributed by atoms with Crippen LogP contribution in [0, 0.1) is 0 Å². The number of anilines is 1. The Kier molecular flexibility index (Phi) is 4.47. The normalized spacial score (nSPS) is 24.0. The smallest absolute Gasteiger partial charge is 0.315 e. The Labute approximate surface area is 161 Å². The van der Waals surface area contributed by atoms with Crippen LogP contribution in [0.15, 0.2) is 42.5 Å². The maximum absolute atomic E-state index is 12.4. The predicted molar refractivity (Wildman–Crippen MR) is 108 cm³/mol.